The molecule has 1 aliphatic rings. The highest BCUT2D eigenvalue weighted by molar-refractivity contribution is 9.10. The van der Waals surface area contributed by atoms with Crippen LogP contribution in [0.1, 0.15) is 5.56 Å². The maximum absolute atomic E-state index is 9.10. The first kappa shape index (κ1) is 25.9. The fourth-order valence-corrected chi connectivity index (χ4v) is 4.61. The standard InChI is InChI=1S/C21H23BrN4OS.C2H2O4/c1-16-6-8-17(9-7-16)26-20(18-4-2-3-5-19(18)22)23-24-21(26)28-15-12-25-10-13-27-14-11-25;3-1(4)2(5)6/h2-9H,10-15H2,1H3;(H,3,4)(H,5,6). The number of carbonyl (C=O) groups is 2. The monoisotopic (exact) mass is 548 g/mol. The summed E-state index contributed by atoms with van der Waals surface area (Å²) in [5, 5.41) is 24.8. The van der Waals surface area contributed by atoms with Crippen LogP contribution in [0.3, 0.4) is 0 Å². The van der Waals surface area contributed by atoms with E-state index in [1.807, 2.05) is 18.2 Å². The number of thioether (sulfide) groups is 1. The van der Waals surface area contributed by atoms with Crippen LogP contribution in [-0.2, 0) is 14.3 Å². The van der Waals surface area contributed by atoms with Gasteiger partial charge in [-0.05, 0) is 25.1 Å². The molecule has 3 aromatic rings. The zero-order valence-corrected chi connectivity index (χ0v) is 21.0. The molecule has 9 nitrogen and oxygen atoms in total. The topological polar surface area (TPSA) is 118 Å². The molecule has 0 bridgehead atoms. The third-order valence-electron chi connectivity index (χ3n) is 4.97. The number of hydrogen-bond acceptors (Lipinski definition) is 7. The Bertz CT molecular complexity index is 1100. The van der Waals surface area contributed by atoms with Gasteiger partial charge in [-0.3, -0.25) is 9.47 Å². The highest BCUT2D eigenvalue weighted by atomic mass is 79.9. The van der Waals surface area contributed by atoms with Gasteiger partial charge in [0, 0.05) is 41.1 Å². The summed E-state index contributed by atoms with van der Waals surface area (Å²) in [6, 6.07) is 16.7. The number of aryl methyl sites for hydroxylation is 1. The molecule has 0 amide bonds. The fourth-order valence-electron chi connectivity index (χ4n) is 3.20. The van der Waals surface area contributed by atoms with Crippen molar-refractivity contribution in [2.75, 3.05) is 38.6 Å². The van der Waals surface area contributed by atoms with Crippen molar-refractivity contribution in [3.05, 3.63) is 58.6 Å². The third kappa shape index (κ3) is 7.13. The highest BCUT2D eigenvalue weighted by Crippen LogP contribution is 2.32. The predicted molar refractivity (Wildman–Crippen MR) is 132 cm³/mol. The molecule has 2 aromatic carbocycles. The number of carboxylic acids is 2. The van der Waals surface area contributed by atoms with Crippen molar-refractivity contribution < 1.29 is 24.5 Å². The molecular weight excluding hydrogens is 524 g/mol. The van der Waals surface area contributed by atoms with E-state index in [-0.39, 0.29) is 0 Å². The van der Waals surface area contributed by atoms with Crippen LogP contribution in [-0.4, -0.2) is 80.4 Å². The molecule has 0 atom stereocenters. The summed E-state index contributed by atoms with van der Waals surface area (Å²) < 4.78 is 8.61. The number of nitrogens with zero attached hydrogens (tertiary/aromatic N) is 4. The van der Waals surface area contributed by atoms with Crippen LogP contribution < -0.4 is 0 Å². The Morgan fingerprint density at radius 2 is 1.68 bits per heavy atom. The van der Waals surface area contributed by atoms with Crippen molar-refractivity contribution in [2.45, 2.75) is 12.1 Å². The fraction of sp³-hybridized carbons (Fsp3) is 0.304. The molecule has 0 aliphatic carbocycles. The van der Waals surface area contributed by atoms with Gasteiger partial charge in [0.1, 0.15) is 0 Å². The average Bonchev–Trinajstić information content (AvgIpc) is 3.24. The summed E-state index contributed by atoms with van der Waals surface area (Å²) in [5.41, 5.74) is 3.35. The molecule has 1 aromatic heterocycles. The molecule has 1 aliphatic heterocycles. The van der Waals surface area contributed by atoms with E-state index in [0.717, 1.165) is 65.3 Å². The summed E-state index contributed by atoms with van der Waals surface area (Å²) in [4.78, 5) is 20.6. The van der Waals surface area contributed by atoms with Crippen LogP contribution in [0.25, 0.3) is 17.1 Å². The number of benzene rings is 2. The van der Waals surface area contributed by atoms with Crippen LogP contribution in [0.4, 0.5) is 0 Å². The lowest BCUT2D eigenvalue weighted by molar-refractivity contribution is -0.159. The molecule has 0 radical (unpaired) electrons. The first-order chi connectivity index (χ1) is 16.4. The van der Waals surface area contributed by atoms with Gasteiger partial charge < -0.3 is 14.9 Å². The van der Waals surface area contributed by atoms with E-state index in [1.165, 1.54) is 5.56 Å². The molecule has 0 saturated carbocycles. The normalized spacial score (nSPS) is 13.7. The Balaban J connectivity index is 0.000000481. The molecular formula is C23H25BrN4O5S. The number of aliphatic carboxylic acids is 2. The summed E-state index contributed by atoms with van der Waals surface area (Å²) in [6.45, 7) is 6.80. The molecule has 11 heteroatoms. The van der Waals surface area contributed by atoms with Crippen LogP contribution in [0.15, 0.2) is 58.2 Å². The third-order valence-corrected chi connectivity index (χ3v) is 6.57. The van der Waals surface area contributed by atoms with Gasteiger partial charge in [-0.1, -0.05) is 63.6 Å². The van der Waals surface area contributed by atoms with Crippen molar-refractivity contribution in [1.82, 2.24) is 19.7 Å². The lowest BCUT2D eigenvalue weighted by Crippen LogP contribution is -2.37. The number of halogens is 1. The zero-order chi connectivity index (χ0) is 24.5. The van der Waals surface area contributed by atoms with Crippen LogP contribution in [0.2, 0.25) is 0 Å². The second kappa shape index (κ2) is 12.7. The lowest BCUT2D eigenvalue weighted by atomic mass is 10.2. The molecule has 1 fully saturated rings. The van der Waals surface area contributed by atoms with E-state index in [4.69, 9.17) is 24.5 Å². The minimum absolute atomic E-state index is 0.830. The number of morpholine rings is 1. The minimum atomic E-state index is -1.82. The van der Waals surface area contributed by atoms with Gasteiger partial charge in [-0.25, -0.2) is 9.59 Å². The van der Waals surface area contributed by atoms with E-state index in [1.54, 1.807) is 11.8 Å². The lowest BCUT2D eigenvalue weighted by Gasteiger charge is -2.26. The smallest absolute Gasteiger partial charge is 0.414 e. The number of hydrogen-bond donors (Lipinski definition) is 2. The van der Waals surface area contributed by atoms with Crippen LogP contribution >= 0.6 is 27.7 Å². The van der Waals surface area contributed by atoms with Crippen molar-refractivity contribution in [3.8, 4) is 17.1 Å². The molecule has 180 valence electrons. The summed E-state index contributed by atoms with van der Waals surface area (Å²) in [7, 11) is 0. The number of carboxylic acid groups (broad SMARTS) is 2. The maximum atomic E-state index is 9.10. The second-order valence-electron chi connectivity index (χ2n) is 7.37. The minimum Gasteiger partial charge on any atom is -0.473 e. The van der Waals surface area contributed by atoms with Crippen molar-refractivity contribution in [2.24, 2.45) is 0 Å². The number of aromatic nitrogens is 3. The Labute approximate surface area is 209 Å². The molecule has 2 N–H and O–H groups in total. The Morgan fingerprint density at radius 3 is 2.29 bits per heavy atom. The molecule has 0 spiro atoms. The van der Waals surface area contributed by atoms with Gasteiger partial charge in [0.05, 0.1) is 13.2 Å². The number of rotatable bonds is 6. The van der Waals surface area contributed by atoms with E-state index in [9.17, 15) is 0 Å². The van der Waals surface area contributed by atoms with Gasteiger partial charge in [0.25, 0.3) is 0 Å². The Hall–Kier alpha value is -2.73. The maximum Gasteiger partial charge on any atom is 0.414 e. The highest BCUT2D eigenvalue weighted by Gasteiger charge is 2.18. The quantitative estimate of drug-likeness (QED) is 0.351. The van der Waals surface area contributed by atoms with E-state index < -0.39 is 11.9 Å². The van der Waals surface area contributed by atoms with Gasteiger partial charge in [0.2, 0.25) is 0 Å². The van der Waals surface area contributed by atoms with Crippen molar-refractivity contribution in [3.63, 3.8) is 0 Å². The van der Waals surface area contributed by atoms with Gasteiger partial charge >= 0.3 is 11.9 Å². The van der Waals surface area contributed by atoms with E-state index in [0.29, 0.717) is 0 Å². The van der Waals surface area contributed by atoms with Crippen molar-refractivity contribution >= 4 is 39.6 Å². The molecule has 1 saturated heterocycles. The van der Waals surface area contributed by atoms with Gasteiger partial charge in [0.15, 0.2) is 11.0 Å². The molecule has 0 unspecified atom stereocenters. The Morgan fingerprint density at radius 1 is 1.03 bits per heavy atom. The first-order valence-corrected chi connectivity index (χ1v) is 12.3. The zero-order valence-electron chi connectivity index (χ0n) is 18.6. The van der Waals surface area contributed by atoms with E-state index in [2.05, 4.69) is 72.8 Å². The SMILES string of the molecule is Cc1ccc(-n2c(SCCN3CCOCC3)nnc2-c2ccccc2Br)cc1.O=C(O)C(=O)O. The van der Waals surface area contributed by atoms with Gasteiger partial charge in [-0.2, -0.15) is 0 Å². The number of ether oxygens (including phenoxy) is 1. The molecule has 2 heterocycles. The van der Waals surface area contributed by atoms with Crippen LogP contribution in [0, 0.1) is 6.92 Å². The summed E-state index contributed by atoms with van der Waals surface area (Å²) >= 11 is 5.41. The summed E-state index contributed by atoms with van der Waals surface area (Å²) in [5.74, 6) is -1.82. The largest absolute Gasteiger partial charge is 0.473 e. The van der Waals surface area contributed by atoms with E-state index >= 15 is 0 Å². The summed E-state index contributed by atoms with van der Waals surface area (Å²) in [6.07, 6.45) is 0. The van der Waals surface area contributed by atoms with Crippen LogP contribution in [0.5, 0.6) is 0 Å². The first-order valence-electron chi connectivity index (χ1n) is 10.5. The predicted octanol–water partition coefficient (Wildman–Crippen LogP) is 3.59. The molecule has 4 rings (SSSR count). The molecule has 34 heavy (non-hydrogen) atoms. The van der Waals surface area contributed by atoms with Crippen molar-refractivity contribution in [1.29, 1.82) is 0 Å². The van der Waals surface area contributed by atoms with Gasteiger partial charge in [-0.15, -0.1) is 10.2 Å². The second-order valence-corrected chi connectivity index (χ2v) is 9.29. The average molecular weight is 549 g/mol. The Kier molecular flexibility index (Phi) is 9.63.